The molecule has 0 heterocycles. The van der Waals surface area contributed by atoms with Crippen LogP contribution in [0.15, 0.2) is 34.2 Å². The SMILES string of the molecule is CC(C)(C)NC(N)=NCCOc1ccc(S(C)(=O)=O)cc1.I. The van der Waals surface area contributed by atoms with Crippen LogP contribution in [0.2, 0.25) is 0 Å². The van der Waals surface area contributed by atoms with E-state index in [1.165, 1.54) is 18.4 Å². The van der Waals surface area contributed by atoms with E-state index in [4.69, 9.17) is 10.5 Å². The molecule has 1 rings (SSSR count). The number of sulfone groups is 1. The molecule has 0 aliphatic carbocycles. The summed E-state index contributed by atoms with van der Waals surface area (Å²) < 4.78 is 28.1. The van der Waals surface area contributed by atoms with Gasteiger partial charge >= 0.3 is 0 Å². The lowest BCUT2D eigenvalue weighted by Crippen LogP contribution is -2.45. The molecule has 0 amide bonds. The number of nitrogens with one attached hydrogen (secondary N) is 1. The number of rotatable bonds is 5. The zero-order valence-electron chi connectivity index (χ0n) is 13.3. The van der Waals surface area contributed by atoms with Crippen LogP contribution in [0.25, 0.3) is 0 Å². The molecule has 0 fully saturated rings. The first kappa shape index (κ1) is 21.0. The van der Waals surface area contributed by atoms with Crippen LogP contribution in [0.5, 0.6) is 5.75 Å². The van der Waals surface area contributed by atoms with Crippen molar-refractivity contribution < 1.29 is 13.2 Å². The predicted octanol–water partition coefficient (Wildman–Crippen LogP) is 1.79. The molecule has 1 aromatic rings. The third-order valence-corrected chi connectivity index (χ3v) is 3.53. The fraction of sp³-hybridized carbons (Fsp3) is 0.500. The monoisotopic (exact) mass is 441 g/mol. The van der Waals surface area contributed by atoms with E-state index in [1.807, 2.05) is 20.8 Å². The molecule has 0 aromatic heterocycles. The van der Waals surface area contributed by atoms with Gasteiger partial charge in [-0.1, -0.05) is 0 Å². The molecule has 0 bridgehead atoms. The van der Waals surface area contributed by atoms with Gasteiger partial charge in [0.1, 0.15) is 12.4 Å². The van der Waals surface area contributed by atoms with Gasteiger partial charge in [-0.25, -0.2) is 13.4 Å². The van der Waals surface area contributed by atoms with Crippen LogP contribution < -0.4 is 15.8 Å². The molecular weight excluding hydrogens is 417 g/mol. The van der Waals surface area contributed by atoms with E-state index < -0.39 is 9.84 Å². The van der Waals surface area contributed by atoms with E-state index in [9.17, 15) is 8.42 Å². The first-order chi connectivity index (χ1) is 9.58. The Morgan fingerprint density at radius 1 is 1.27 bits per heavy atom. The summed E-state index contributed by atoms with van der Waals surface area (Å²) in [5, 5.41) is 3.05. The first-order valence-electron chi connectivity index (χ1n) is 6.59. The molecule has 0 aliphatic rings. The number of ether oxygens (including phenoxy) is 1. The van der Waals surface area contributed by atoms with Gasteiger partial charge in [0, 0.05) is 11.8 Å². The minimum atomic E-state index is -3.18. The van der Waals surface area contributed by atoms with Gasteiger partial charge < -0.3 is 15.8 Å². The summed E-state index contributed by atoms with van der Waals surface area (Å²) in [5.74, 6) is 0.971. The number of nitrogens with two attached hydrogens (primary N) is 1. The van der Waals surface area contributed by atoms with E-state index in [0.717, 1.165) is 0 Å². The van der Waals surface area contributed by atoms with Crippen LogP contribution in [-0.2, 0) is 9.84 Å². The highest BCUT2D eigenvalue weighted by Crippen LogP contribution is 2.15. The molecule has 0 spiro atoms. The maximum absolute atomic E-state index is 11.3. The molecule has 0 radical (unpaired) electrons. The number of guanidine groups is 1. The molecule has 0 saturated heterocycles. The van der Waals surface area contributed by atoms with Gasteiger partial charge in [0.25, 0.3) is 0 Å². The lowest BCUT2D eigenvalue weighted by atomic mass is 10.1. The maximum atomic E-state index is 11.3. The van der Waals surface area contributed by atoms with Crippen molar-refractivity contribution in [2.45, 2.75) is 31.2 Å². The Balaban J connectivity index is 0.00000441. The van der Waals surface area contributed by atoms with E-state index in [-0.39, 0.29) is 34.4 Å². The quantitative estimate of drug-likeness (QED) is 0.315. The fourth-order valence-corrected chi connectivity index (χ4v) is 2.17. The zero-order valence-corrected chi connectivity index (χ0v) is 16.4. The molecule has 0 atom stereocenters. The summed E-state index contributed by atoms with van der Waals surface area (Å²) in [6.45, 7) is 6.77. The van der Waals surface area contributed by atoms with Crippen molar-refractivity contribution in [1.82, 2.24) is 5.32 Å². The third kappa shape index (κ3) is 8.42. The van der Waals surface area contributed by atoms with Crippen molar-refractivity contribution in [2.75, 3.05) is 19.4 Å². The van der Waals surface area contributed by atoms with E-state index >= 15 is 0 Å². The normalized spacial score (nSPS) is 12.5. The number of benzene rings is 1. The van der Waals surface area contributed by atoms with Gasteiger partial charge in [-0.15, -0.1) is 24.0 Å². The zero-order chi connectivity index (χ0) is 16.1. The topological polar surface area (TPSA) is 93.8 Å². The molecule has 0 unspecified atom stereocenters. The largest absolute Gasteiger partial charge is 0.492 e. The second kappa shape index (κ2) is 8.56. The van der Waals surface area contributed by atoms with Crippen LogP contribution in [0.3, 0.4) is 0 Å². The van der Waals surface area contributed by atoms with Crippen LogP contribution in [0, 0.1) is 0 Å². The molecule has 3 N–H and O–H groups in total. The van der Waals surface area contributed by atoms with Gasteiger partial charge in [0.05, 0.1) is 11.4 Å². The van der Waals surface area contributed by atoms with Gasteiger partial charge in [0.2, 0.25) is 0 Å². The Morgan fingerprint density at radius 3 is 2.27 bits per heavy atom. The Kier molecular flexibility index (Phi) is 8.16. The lowest BCUT2D eigenvalue weighted by Gasteiger charge is -2.20. The van der Waals surface area contributed by atoms with E-state index in [1.54, 1.807) is 12.1 Å². The Labute approximate surface area is 149 Å². The number of hydrogen-bond acceptors (Lipinski definition) is 4. The Hall–Kier alpha value is -1.03. The minimum Gasteiger partial charge on any atom is -0.492 e. The number of hydrogen-bond donors (Lipinski definition) is 2. The average molecular weight is 441 g/mol. The number of halogens is 1. The maximum Gasteiger partial charge on any atom is 0.189 e. The van der Waals surface area contributed by atoms with Crippen LogP contribution in [0.1, 0.15) is 20.8 Å². The summed E-state index contributed by atoms with van der Waals surface area (Å²) in [7, 11) is -3.18. The lowest BCUT2D eigenvalue weighted by molar-refractivity contribution is 0.328. The van der Waals surface area contributed by atoms with Crippen LogP contribution >= 0.6 is 24.0 Å². The number of nitrogens with zero attached hydrogens (tertiary/aromatic N) is 1. The highest BCUT2D eigenvalue weighted by Gasteiger charge is 2.09. The summed E-state index contributed by atoms with van der Waals surface area (Å²) >= 11 is 0. The fourth-order valence-electron chi connectivity index (χ4n) is 1.54. The molecule has 1 aromatic carbocycles. The predicted molar refractivity (Wildman–Crippen MR) is 99.8 cm³/mol. The van der Waals surface area contributed by atoms with E-state index in [0.29, 0.717) is 24.9 Å². The highest BCUT2D eigenvalue weighted by molar-refractivity contribution is 14.0. The number of aliphatic imine (C=N–C) groups is 1. The van der Waals surface area contributed by atoms with Crippen molar-refractivity contribution in [3.05, 3.63) is 24.3 Å². The summed E-state index contributed by atoms with van der Waals surface area (Å²) in [6.07, 6.45) is 1.17. The smallest absolute Gasteiger partial charge is 0.189 e. The molecule has 6 nitrogen and oxygen atoms in total. The third-order valence-electron chi connectivity index (χ3n) is 2.40. The van der Waals surface area contributed by atoms with Crippen molar-refractivity contribution in [1.29, 1.82) is 0 Å². The van der Waals surface area contributed by atoms with Crippen LogP contribution in [-0.4, -0.2) is 39.3 Å². The summed E-state index contributed by atoms with van der Waals surface area (Å²) in [5.41, 5.74) is 5.59. The molecular formula is C14H24IN3O3S. The second-order valence-electron chi connectivity index (χ2n) is 5.73. The van der Waals surface area contributed by atoms with E-state index in [2.05, 4.69) is 10.3 Å². The minimum absolute atomic E-state index is 0. The molecule has 22 heavy (non-hydrogen) atoms. The molecule has 0 saturated carbocycles. The van der Waals surface area contributed by atoms with Crippen molar-refractivity contribution in [3.8, 4) is 5.75 Å². The summed E-state index contributed by atoms with van der Waals surface area (Å²) in [6, 6.07) is 6.28. The van der Waals surface area contributed by atoms with Gasteiger partial charge in [-0.3, -0.25) is 0 Å². The molecule has 126 valence electrons. The Bertz CT molecular complexity index is 593. The molecule has 8 heteroatoms. The molecule has 0 aliphatic heterocycles. The van der Waals surface area contributed by atoms with Gasteiger partial charge in [-0.05, 0) is 45.0 Å². The first-order valence-corrected chi connectivity index (χ1v) is 8.48. The average Bonchev–Trinajstić information content (AvgIpc) is 2.32. The second-order valence-corrected chi connectivity index (χ2v) is 7.75. The summed E-state index contributed by atoms with van der Waals surface area (Å²) in [4.78, 5) is 4.41. The standard InChI is InChI=1S/C14H23N3O3S.HI/c1-14(2,3)17-13(15)16-9-10-20-11-5-7-12(8-6-11)21(4,18)19;/h5-8H,9-10H2,1-4H3,(H3,15,16,17);1H. The van der Waals surface area contributed by atoms with Gasteiger partial charge in [0.15, 0.2) is 15.8 Å². The highest BCUT2D eigenvalue weighted by atomic mass is 127. The van der Waals surface area contributed by atoms with Crippen LogP contribution in [0.4, 0.5) is 0 Å². The Morgan fingerprint density at radius 2 is 1.82 bits per heavy atom. The van der Waals surface area contributed by atoms with Gasteiger partial charge in [-0.2, -0.15) is 0 Å². The van der Waals surface area contributed by atoms with Crippen molar-refractivity contribution >= 4 is 39.8 Å². The van der Waals surface area contributed by atoms with Crippen molar-refractivity contribution in [3.63, 3.8) is 0 Å². The van der Waals surface area contributed by atoms with Crippen molar-refractivity contribution in [2.24, 2.45) is 10.7 Å².